The zero-order valence-corrected chi connectivity index (χ0v) is 13.3. The maximum Gasteiger partial charge on any atom is 0.336 e. The lowest BCUT2D eigenvalue weighted by atomic mass is 9.96. The van der Waals surface area contributed by atoms with Gasteiger partial charge in [-0.25, -0.2) is 4.79 Å². The van der Waals surface area contributed by atoms with Crippen molar-refractivity contribution in [2.45, 2.75) is 13.8 Å². The van der Waals surface area contributed by atoms with E-state index in [9.17, 15) is 4.79 Å². The average Bonchev–Trinajstić information content (AvgIpc) is 2.87. The number of nitrogens with one attached hydrogen (secondary N) is 1. The van der Waals surface area contributed by atoms with Gasteiger partial charge in [0, 0.05) is 28.1 Å². The summed E-state index contributed by atoms with van der Waals surface area (Å²) in [7, 11) is 0. The van der Waals surface area contributed by atoms with E-state index in [-0.39, 0.29) is 5.63 Å². The van der Waals surface area contributed by atoms with E-state index in [1.807, 2.05) is 32.0 Å². The second-order valence-electron chi connectivity index (χ2n) is 5.90. The van der Waals surface area contributed by atoms with Gasteiger partial charge in [-0.3, -0.25) is 0 Å². The summed E-state index contributed by atoms with van der Waals surface area (Å²) < 4.78 is 5.42. The van der Waals surface area contributed by atoms with Crippen LogP contribution >= 0.6 is 0 Å². The molecular weight excluding hydrogens is 300 g/mol. The quantitative estimate of drug-likeness (QED) is 0.528. The number of aromatic amines is 1. The molecule has 0 aliphatic heterocycles. The molecule has 2 aromatic carbocycles. The van der Waals surface area contributed by atoms with E-state index >= 15 is 0 Å². The van der Waals surface area contributed by atoms with E-state index < -0.39 is 0 Å². The van der Waals surface area contributed by atoms with Gasteiger partial charge in [-0.15, -0.1) is 0 Å². The molecule has 0 saturated carbocycles. The van der Waals surface area contributed by atoms with Crippen molar-refractivity contribution in [1.29, 1.82) is 5.26 Å². The molecule has 0 radical (unpaired) electrons. The van der Waals surface area contributed by atoms with Gasteiger partial charge >= 0.3 is 5.63 Å². The van der Waals surface area contributed by atoms with Crippen LogP contribution in [0.25, 0.3) is 33.0 Å². The van der Waals surface area contributed by atoms with Crippen molar-refractivity contribution in [3.63, 3.8) is 0 Å². The van der Waals surface area contributed by atoms with Crippen LogP contribution < -0.4 is 5.63 Å². The third-order valence-corrected chi connectivity index (χ3v) is 4.51. The topological polar surface area (TPSA) is 69.8 Å². The molecule has 0 bridgehead atoms. The molecule has 0 aliphatic carbocycles. The molecule has 2 aromatic heterocycles. The molecule has 0 unspecified atom stereocenters. The Kier molecular flexibility index (Phi) is 3.04. The Labute approximate surface area is 138 Å². The zero-order chi connectivity index (χ0) is 16.8. The van der Waals surface area contributed by atoms with E-state index in [1.54, 1.807) is 18.2 Å². The molecule has 4 rings (SSSR count). The minimum absolute atomic E-state index is 0.363. The van der Waals surface area contributed by atoms with Gasteiger partial charge in [0.15, 0.2) is 0 Å². The smallest absolute Gasteiger partial charge is 0.336 e. The molecule has 2 heterocycles. The first-order valence-corrected chi connectivity index (χ1v) is 7.65. The summed E-state index contributed by atoms with van der Waals surface area (Å²) in [5, 5.41) is 10.9. The lowest BCUT2D eigenvalue weighted by Crippen LogP contribution is -1.96. The van der Waals surface area contributed by atoms with Crippen LogP contribution in [0, 0.1) is 25.2 Å². The van der Waals surface area contributed by atoms with Gasteiger partial charge in [-0.1, -0.05) is 12.1 Å². The molecule has 0 saturated heterocycles. The van der Waals surface area contributed by atoms with Gasteiger partial charge in [-0.05, 0) is 49.2 Å². The normalized spacial score (nSPS) is 11.0. The van der Waals surface area contributed by atoms with Crippen LogP contribution in [0.5, 0.6) is 0 Å². The summed E-state index contributed by atoms with van der Waals surface area (Å²) in [4.78, 5) is 15.1. The lowest BCUT2D eigenvalue weighted by molar-refractivity contribution is 0.561. The van der Waals surface area contributed by atoms with Gasteiger partial charge in [0.1, 0.15) is 5.58 Å². The van der Waals surface area contributed by atoms with Crippen LogP contribution in [0.15, 0.2) is 51.7 Å². The fourth-order valence-electron chi connectivity index (χ4n) is 3.14. The van der Waals surface area contributed by atoms with Crippen LogP contribution in [0.3, 0.4) is 0 Å². The highest BCUT2D eigenvalue weighted by Crippen LogP contribution is 2.37. The second-order valence-corrected chi connectivity index (χ2v) is 5.90. The fourth-order valence-corrected chi connectivity index (χ4v) is 3.14. The average molecular weight is 314 g/mol. The van der Waals surface area contributed by atoms with E-state index in [0.717, 1.165) is 38.7 Å². The summed E-state index contributed by atoms with van der Waals surface area (Å²) >= 11 is 0. The molecule has 0 spiro atoms. The molecule has 0 amide bonds. The Morgan fingerprint density at radius 1 is 1.04 bits per heavy atom. The lowest BCUT2D eigenvalue weighted by Gasteiger charge is -2.09. The first-order valence-electron chi connectivity index (χ1n) is 7.65. The largest absolute Gasteiger partial charge is 0.423 e. The molecule has 0 fully saturated rings. The zero-order valence-electron chi connectivity index (χ0n) is 13.3. The fraction of sp³-hybridized carbons (Fsp3) is 0.100. The van der Waals surface area contributed by atoms with Crippen molar-refractivity contribution in [1.82, 2.24) is 4.98 Å². The van der Waals surface area contributed by atoms with Gasteiger partial charge in [0.2, 0.25) is 0 Å². The van der Waals surface area contributed by atoms with E-state index in [2.05, 4.69) is 11.1 Å². The third kappa shape index (κ3) is 2.03. The number of aromatic nitrogens is 1. The number of hydrogen-bond acceptors (Lipinski definition) is 3. The molecule has 116 valence electrons. The van der Waals surface area contributed by atoms with E-state index in [0.29, 0.717) is 11.1 Å². The summed E-state index contributed by atoms with van der Waals surface area (Å²) in [6.45, 7) is 4.07. The van der Waals surface area contributed by atoms with Crippen LogP contribution in [0.1, 0.15) is 16.8 Å². The highest BCUT2D eigenvalue weighted by atomic mass is 16.4. The van der Waals surface area contributed by atoms with E-state index in [1.165, 1.54) is 6.07 Å². The Balaban J connectivity index is 2.18. The molecule has 4 heteroatoms. The number of aryl methyl sites for hydroxylation is 2. The monoisotopic (exact) mass is 314 g/mol. The van der Waals surface area contributed by atoms with Crippen LogP contribution in [0.2, 0.25) is 0 Å². The van der Waals surface area contributed by atoms with Gasteiger partial charge in [0.25, 0.3) is 0 Å². The second kappa shape index (κ2) is 5.10. The van der Waals surface area contributed by atoms with Crippen molar-refractivity contribution in [2.75, 3.05) is 0 Å². The molecular formula is C20H14N2O2. The standard InChI is InChI=1S/C20H14N2O2/c1-11-12(2)22-20-16(11)9-17-15(7-8-18(23)24-17)19(20)14-5-3-13(10-21)4-6-14/h3-9,22H,1-2H3. The summed E-state index contributed by atoms with van der Waals surface area (Å²) in [6.07, 6.45) is 0. The van der Waals surface area contributed by atoms with Crippen molar-refractivity contribution in [3.05, 3.63) is 69.7 Å². The highest BCUT2D eigenvalue weighted by molar-refractivity contribution is 6.10. The SMILES string of the molecule is Cc1[nH]c2c(-c3ccc(C#N)cc3)c3ccc(=O)oc3cc2c1C. The van der Waals surface area contributed by atoms with Crippen molar-refractivity contribution in [2.24, 2.45) is 0 Å². The van der Waals surface area contributed by atoms with Crippen LogP contribution in [-0.4, -0.2) is 4.98 Å². The number of nitriles is 1. The van der Waals surface area contributed by atoms with Gasteiger partial charge < -0.3 is 9.40 Å². The number of hydrogen-bond donors (Lipinski definition) is 1. The minimum Gasteiger partial charge on any atom is -0.423 e. The Morgan fingerprint density at radius 2 is 1.79 bits per heavy atom. The van der Waals surface area contributed by atoms with Crippen molar-refractivity contribution in [3.8, 4) is 17.2 Å². The Hall–Kier alpha value is -3.32. The summed E-state index contributed by atoms with van der Waals surface area (Å²) in [5.41, 5.74) is 5.99. The molecule has 24 heavy (non-hydrogen) atoms. The molecule has 0 atom stereocenters. The maximum atomic E-state index is 11.6. The molecule has 4 nitrogen and oxygen atoms in total. The van der Waals surface area contributed by atoms with Crippen LogP contribution in [-0.2, 0) is 0 Å². The third-order valence-electron chi connectivity index (χ3n) is 4.51. The first kappa shape index (κ1) is 14.3. The predicted molar refractivity (Wildman–Crippen MR) is 94.0 cm³/mol. The van der Waals surface area contributed by atoms with E-state index in [4.69, 9.17) is 9.68 Å². The van der Waals surface area contributed by atoms with Gasteiger partial charge in [0.05, 0.1) is 17.1 Å². The number of rotatable bonds is 1. The highest BCUT2D eigenvalue weighted by Gasteiger charge is 2.15. The summed E-state index contributed by atoms with van der Waals surface area (Å²) in [5.74, 6) is 0. The van der Waals surface area contributed by atoms with Crippen LogP contribution in [0.4, 0.5) is 0 Å². The maximum absolute atomic E-state index is 11.6. The Morgan fingerprint density at radius 3 is 2.50 bits per heavy atom. The van der Waals surface area contributed by atoms with Crippen molar-refractivity contribution < 1.29 is 4.42 Å². The summed E-state index contributed by atoms with van der Waals surface area (Å²) in [6, 6.07) is 14.7. The molecule has 1 N–H and O–H groups in total. The minimum atomic E-state index is -0.363. The molecule has 4 aromatic rings. The molecule has 0 aliphatic rings. The van der Waals surface area contributed by atoms with Crippen molar-refractivity contribution >= 4 is 21.9 Å². The Bertz CT molecular complexity index is 1190. The number of H-pyrrole nitrogens is 1. The number of fused-ring (bicyclic) bond motifs is 2. The number of benzene rings is 2. The predicted octanol–water partition coefficient (Wildman–Crippen LogP) is 4.43. The van der Waals surface area contributed by atoms with Gasteiger partial charge in [-0.2, -0.15) is 5.26 Å². The first-order chi connectivity index (χ1) is 11.6. The number of nitrogens with zero attached hydrogens (tertiary/aromatic N) is 1.